The molecule has 3 rings (SSSR count). The summed E-state index contributed by atoms with van der Waals surface area (Å²) in [5.41, 5.74) is 1.29. The minimum Gasteiger partial charge on any atom is -0.493 e. The third-order valence-corrected chi connectivity index (χ3v) is 5.66. The quantitative estimate of drug-likeness (QED) is 0.392. The summed E-state index contributed by atoms with van der Waals surface area (Å²) in [4.78, 5) is 25.0. The van der Waals surface area contributed by atoms with Crippen molar-refractivity contribution in [2.45, 2.75) is 20.0 Å². The number of rotatable bonds is 10. The van der Waals surface area contributed by atoms with Gasteiger partial charge in [-0.3, -0.25) is 9.59 Å². The molecule has 1 fully saturated rings. The Morgan fingerprint density at radius 3 is 2.24 bits per heavy atom. The SMILES string of the molecule is CCOc1ccc([C@@H]2OC[C@H](C(=O)c3ccc(OC)c(OC)c3)[C@H]2COC(C)=O)cc1OC. The number of esters is 1. The van der Waals surface area contributed by atoms with E-state index in [0.29, 0.717) is 35.2 Å². The van der Waals surface area contributed by atoms with Crippen molar-refractivity contribution in [2.24, 2.45) is 11.8 Å². The van der Waals surface area contributed by atoms with Gasteiger partial charge in [-0.05, 0) is 42.8 Å². The summed E-state index contributed by atoms with van der Waals surface area (Å²) in [6.45, 7) is 3.99. The highest BCUT2D eigenvalue weighted by Crippen LogP contribution is 2.43. The number of hydrogen-bond donors (Lipinski definition) is 0. The number of carbonyl (C=O) groups excluding carboxylic acids is 2. The molecule has 0 unspecified atom stereocenters. The van der Waals surface area contributed by atoms with Crippen molar-refractivity contribution in [3.8, 4) is 23.0 Å². The lowest BCUT2D eigenvalue weighted by atomic mass is 9.83. The van der Waals surface area contributed by atoms with E-state index in [4.69, 9.17) is 28.4 Å². The minimum atomic E-state index is -0.509. The lowest BCUT2D eigenvalue weighted by Crippen LogP contribution is -2.28. The molecule has 0 bridgehead atoms. The number of hydrogen-bond acceptors (Lipinski definition) is 8. The van der Waals surface area contributed by atoms with E-state index in [9.17, 15) is 9.59 Å². The van der Waals surface area contributed by atoms with Gasteiger partial charge in [0.25, 0.3) is 0 Å². The Kier molecular flexibility index (Phi) is 8.16. The van der Waals surface area contributed by atoms with Crippen LogP contribution >= 0.6 is 0 Å². The third-order valence-electron chi connectivity index (χ3n) is 5.66. The van der Waals surface area contributed by atoms with Gasteiger partial charge in [-0.25, -0.2) is 0 Å². The molecule has 2 aromatic rings. The molecule has 0 aromatic heterocycles. The molecular formula is C25H30O8. The number of Topliss-reactive ketones (excluding diaryl/α,β-unsaturated/α-hetero) is 1. The molecule has 0 aliphatic carbocycles. The first kappa shape index (κ1) is 24.4. The zero-order valence-corrected chi connectivity index (χ0v) is 19.6. The Balaban J connectivity index is 1.92. The second-order valence-electron chi connectivity index (χ2n) is 7.60. The van der Waals surface area contributed by atoms with Crippen LogP contribution in [0.4, 0.5) is 0 Å². The zero-order chi connectivity index (χ0) is 24.0. The summed E-state index contributed by atoms with van der Waals surface area (Å²) in [5.74, 6) is 0.771. The van der Waals surface area contributed by atoms with E-state index in [1.807, 2.05) is 25.1 Å². The van der Waals surface area contributed by atoms with Crippen LogP contribution in [-0.4, -0.2) is 52.9 Å². The van der Waals surface area contributed by atoms with Gasteiger partial charge in [0.05, 0.1) is 53.2 Å². The second kappa shape index (κ2) is 11.0. The monoisotopic (exact) mass is 458 g/mol. The molecular weight excluding hydrogens is 428 g/mol. The van der Waals surface area contributed by atoms with Crippen LogP contribution in [-0.2, 0) is 14.3 Å². The van der Waals surface area contributed by atoms with Crippen LogP contribution in [0.3, 0.4) is 0 Å². The second-order valence-corrected chi connectivity index (χ2v) is 7.60. The Morgan fingerprint density at radius 2 is 1.61 bits per heavy atom. The average Bonchev–Trinajstić information content (AvgIpc) is 3.26. The number of methoxy groups -OCH3 is 3. The molecule has 0 radical (unpaired) electrons. The Hall–Kier alpha value is -3.26. The van der Waals surface area contributed by atoms with Gasteiger partial charge in [0.1, 0.15) is 0 Å². The summed E-state index contributed by atoms with van der Waals surface area (Å²) in [6, 6.07) is 10.6. The van der Waals surface area contributed by atoms with Gasteiger partial charge in [-0.1, -0.05) is 6.07 Å². The van der Waals surface area contributed by atoms with Crippen LogP contribution in [0.2, 0.25) is 0 Å². The topological polar surface area (TPSA) is 89.5 Å². The van der Waals surface area contributed by atoms with Crippen molar-refractivity contribution >= 4 is 11.8 Å². The van der Waals surface area contributed by atoms with Crippen molar-refractivity contribution in [1.82, 2.24) is 0 Å². The standard InChI is InChI=1S/C25H30O8/c1-6-31-21-10-8-17(12-23(21)30-5)25-19(14-32-15(2)26)18(13-33-25)24(27)16-7-9-20(28-3)22(11-16)29-4/h7-12,18-19,25H,6,13-14H2,1-5H3/t18-,19+,25-/m0/s1. The van der Waals surface area contributed by atoms with Crippen LogP contribution in [0.25, 0.3) is 0 Å². The van der Waals surface area contributed by atoms with Crippen molar-refractivity contribution < 1.29 is 38.0 Å². The first-order valence-electron chi connectivity index (χ1n) is 10.7. The average molecular weight is 459 g/mol. The van der Waals surface area contributed by atoms with Gasteiger partial charge in [-0.2, -0.15) is 0 Å². The summed E-state index contributed by atoms with van der Waals surface area (Å²) < 4.78 is 33.1. The summed E-state index contributed by atoms with van der Waals surface area (Å²) >= 11 is 0. The van der Waals surface area contributed by atoms with E-state index < -0.39 is 18.0 Å². The molecule has 0 amide bonds. The Labute approximate surface area is 193 Å². The van der Waals surface area contributed by atoms with Crippen LogP contribution in [0.5, 0.6) is 23.0 Å². The van der Waals surface area contributed by atoms with E-state index in [0.717, 1.165) is 5.56 Å². The highest BCUT2D eigenvalue weighted by atomic mass is 16.5. The summed E-state index contributed by atoms with van der Waals surface area (Å²) in [7, 11) is 4.62. The highest BCUT2D eigenvalue weighted by molar-refractivity contribution is 5.99. The fourth-order valence-electron chi connectivity index (χ4n) is 4.04. The van der Waals surface area contributed by atoms with E-state index in [1.54, 1.807) is 25.3 Å². The van der Waals surface area contributed by atoms with Crippen molar-refractivity contribution in [3.05, 3.63) is 47.5 Å². The maximum atomic E-state index is 13.4. The van der Waals surface area contributed by atoms with Crippen LogP contribution in [0, 0.1) is 11.8 Å². The van der Waals surface area contributed by atoms with E-state index in [1.165, 1.54) is 21.1 Å². The predicted octanol–water partition coefficient (Wildman–Crippen LogP) is 3.86. The van der Waals surface area contributed by atoms with Gasteiger partial charge < -0.3 is 28.4 Å². The number of carbonyl (C=O) groups is 2. The Morgan fingerprint density at radius 1 is 0.939 bits per heavy atom. The highest BCUT2D eigenvalue weighted by Gasteiger charge is 2.43. The number of benzene rings is 2. The molecule has 33 heavy (non-hydrogen) atoms. The summed E-state index contributed by atoms with van der Waals surface area (Å²) in [6.07, 6.45) is -0.456. The third kappa shape index (κ3) is 5.39. The number of ether oxygens (including phenoxy) is 6. The van der Waals surface area contributed by atoms with Crippen LogP contribution in [0.15, 0.2) is 36.4 Å². The molecule has 1 saturated heterocycles. The lowest BCUT2D eigenvalue weighted by molar-refractivity contribution is -0.143. The van der Waals surface area contributed by atoms with Gasteiger partial charge in [-0.15, -0.1) is 0 Å². The summed E-state index contributed by atoms with van der Waals surface area (Å²) in [5, 5.41) is 0. The van der Waals surface area contributed by atoms with Gasteiger partial charge in [0.2, 0.25) is 0 Å². The zero-order valence-electron chi connectivity index (χ0n) is 19.6. The first-order chi connectivity index (χ1) is 15.9. The lowest BCUT2D eigenvalue weighted by Gasteiger charge is -2.23. The molecule has 1 aliphatic rings. The fraction of sp³-hybridized carbons (Fsp3) is 0.440. The van der Waals surface area contributed by atoms with Crippen molar-refractivity contribution in [3.63, 3.8) is 0 Å². The molecule has 2 aromatic carbocycles. The van der Waals surface area contributed by atoms with E-state index >= 15 is 0 Å². The van der Waals surface area contributed by atoms with Crippen molar-refractivity contribution in [2.75, 3.05) is 41.2 Å². The molecule has 8 nitrogen and oxygen atoms in total. The maximum Gasteiger partial charge on any atom is 0.302 e. The molecule has 0 saturated carbocycles. The molecule has 178 valence electrons. The fourth-order valence-corrected chi connectivity index (χ4v) is 4.04. The molecule has 1 aliphatic heterocycles. The van der Waals surface area contributed by atoms with Gasteiger partial charge in [0, 0.05) is 18.4 Å². The van der Waals surface area contributed by atoms with Crippen molar-refractivity contribution in [1.29, 1.82) is 0 Å². The molecule has 3 atom stereocenters. The first-order valence-corrected chi connectivity index (χ1v) is 10.7. The predicted molar refractivity (Wildman–Crippen MR) is 120 cm³/mol. The van der Waals surface area contributed by atoms with Gasteiger partial charge in [0.15, 0.2) is 28.8 Å². The van der Waals surface area contributed by atoms with E-state index in [-0.39, 0.29) is 24.9 Å². The largest absolute Gasteiger partial charge is 0.493 e. The van der Waals surface area contributed by atoms with Crippen LogP contribution in [0.1, 0.15) is 35.9 Å². The van der Waals surface area contributed by atoms with E-state index in [2.05, 4.69) is 0 Å². The molecule has 0 spiro atoms. The minimum absolute atomic E-state index is 0.0548. The normalized spacial score (nSPS) is 19.6. The molecule has 8 heteroatoms. The molecule has 1 heterocycles. The smallest absolute Gasteiger partial charge is 0.302 e. The van der Waals surface area contributed by atoms with Gasteiger partial charge >= 0.3 is 5.97 Å². The Bertz CT molecular complexity index is 986. The maximum absolute atomic E-state index is 13.4. The number of ketones is 1. The van der Waals surface area contributed by atoms with Crippen LogP contribution < -0.4 is 18.9 Å². The molecule has 0 N–H and O–H groups in total.